The third-order valence-electron chi connectivity index (χ3n) is 1.91. The maximum absolute atomic E-state index is 8.12. The van der Waals surface area contributed by atoms with Crippen LogP contribution in [0.2, 0.25) is 0 Å². The Morgan fingerprint density at radius 2 is 2.08 bits per heavy atom. The molecule has 0 rings (SSSR count). The minimum absolute atomic E-state index is 0.454. The van der Waals surface area contributed by atoms with Gasteiger partial charge < -0.3 is 0 Å². The second-order valence-corrected chi connectivity index (χ2v) is 3.59. The van der Waals surface area contributed by atoms with Crippen LogP contribution in [0, 0.1) is 5.92 Å². The van der Waals surface area contributed by atoms with Gasteiger partial charge in [-0.1, -0.05) is 18.6 Å². The molecule has 0 heterocycles. The van der Waals surface area contributed by atoms with Crippen LogP contribution < -0.4 is 0 Å². The summed E-state index contributed by atoms with van der Waals surface area (Å²) in [5.74, 6) is 0.632. The van der Waals surface area contributed by atoms with Crippen LogP contribution in [0.3, 0.4) is 0 Å². The molecule has 2 nitrogen and oxygen atoms in total. The average Bonchev–Trinajstić information content (AvgIpc) is 2.00. The molecule has 0 aromatic heterocycles. The fourth-order valence-corrected chi connectivity index (χ4v) is 1.05. The van der Waals surface area contributed by atoms with Crippen molar-refractivity contribution in [2.45, 2.75) is 40.0 Å². The fourth-order valence-electron chi connectivity index (χ4n) is 1.05. The third-order valence-corrected chi connectivity index (χ3v) is 1.91. The van der Waals surface area contributed by atoms with Crippen LogP contribution in [0.25, 0.3) is 0 Å². The summed E-state index contributed by atoms with van der Waals surface area (Å²) in [6.45, 7) is 6.86. The molecule has 0 aliphatic heterocycles. The first-order chi connectivity index (χ1) is 5.66. The molecule has 0 aromatic rings. The molecule has 0 fully saturated rings. The zero-order valence-corrected chi connectivity index (χ0v) is 8.34. The first-order valence-corrected chi connectivity index (χ1v) is 4.56. The highest BCUT2D eigenvalue weighted by molar-refractivity contribution is 4.92. The first-order valence-electron chi connectivity index (χ1n) is 4.56. The highest BCUT2D eigenvalue weighted by Crippen LogP contribution is 2.11. The lowest BCUT2D eigenvalue weighted by atomic mass is 10.0. The molecule has 0 spiro atoms. The maximum atomic E-state index is 8.12. The van der Waals surface area contributed by atoms with E-state index >= 15 is 0 Å². The molecular formula is C10H20O2. The molecule has 0 bridgehead atoms. The van der Waals surface area contributed by atoms with Crippen molar-refractivity contribution in [3.05, 3.63) is 11.6 Å². The minimum atomic E-state index is 0.454. The van der Waals surface area contributed by atoms with Gasteiger partial charge in [0.15, 0.2) is 0 Å². The Morgan fingerprint density at radius 1 is 1.42 bits per heavy atom. The Labute approximate surface area is 75.2 Å². The molecule has 0 saturated carbocycles. The SMILES string of the molecule is CC(C)=CCCC(C)CCOO. The van der Waals surface area contributed by atoms with Crippen LogP contribution in [0.4, 0.5) is 0 Å². The van der Waals surface area contributed by atoms with Crippen LogP contribution in [-0.4, -0.2) is 11.9 Å². The minimum Gasteiger partial charge on any atom is -0.252 e. The van der Waals surface area contributed by atoms with Gasteiger partial charge in [-0.15, -0.1) is 0 Å². The molecule has 0 aromatic carbocycles. The lowest BCUT2D eigenvalue weighted by Crippen LogP contribution is -1.99. The normalized spacial score (nSPS) is 12.7. The smallest absolute Gasteiger partial charge is 0.0822 e. The lowest BCUT2D eigenvalue weighted by Gasteiger charge is -2.07. The highest BCUT2D eigenvalue weighted by atomic mass is 17.1. The predicted octanol–water partition coefficient (Wildman–Crippen LogP) is 3.25. The third kappa shape index (κ3) is 7.76. The van der Waals surface area contributed by atoms with Crippen molar-refractivity contribution in [3.8, 4) is 0 Å². The monoisotopic (exact) mass is 172 g/mol. The average molecular weight is 172 g/mol. The Hall–Kier alpha value is -0.340. The van der Waals surface area contributed by atoms with Crippen molar-refractivity contribution < 1.29 is 10.1 Å². The maximum Gasteiger partial charge on any atom is 0.0822 e. The van der Waals surface area contributed by atoms with Gasteiger partial charge >= 0.3 is 0 Å². The second-order valence-electron chi connectivity index (χ2n) is 3.59. The topological polar surface area (TPSA) is 29.5 Å². The fraction of sp³-hybridized carbons (Fsp3) is 0.800. The molecule has 1 atom stereocenters. The number of hydrogen-bond donors (Lipinski definition) is 1. The predicted molar refractivity (Wildman–Crippen MR) is 51.0 cm³/mol. The van der Waals surface area contributed by atoms with E-state index in [1.165, 1.54) is 12.0 Å². The van der Waals surface area contributed by atoms with Gasteiger partial charge in [-0.05, 0) is 39.0 Å². The van der Waals surface area contributed by atoms with E-state index in [4.69, 9.17) is 5.26 Å². The van der Waals surface area contributed by atoms with Gasteiger partial charge in [0.2, 0.25) is 0 Å². The van der Waals surface area contributed by atoms with Crippen LogP contribution in [0.1, 0.15) is 40.0 Å². The Kier molecular flexibility index (Phi) is 7.11. The van der Waals surface area contributed by atoms with E-state index in [1.807, 2.05) is 0 Å². The molecule has 0 saturated heterocycles. The summed E-state index contributed by atoms with van der Waals surface area (Å²) < 4.78 is 0. The Morgan fingerprint density at radius 3 is 2.58 bits per heavy atom. The van der Waals surface area contributed by atoms with Crippen LogP contribution in [-0.2, 0) is 4.89 Å². The zero-order chi connectivity index (χ0) is 9.40. The van der Waals surface area contributed by atoms with E-state index in [-0.39, 0.29) is 0 Å². The van der Waals surface area contributed by atoms with Gasteiger partial charge in [-0.3, -0.25) is 5.26 Å². The molecule has 0 aliphatic rings. The van der Waals surface area contributed by atoms with E-state index in [0.29, 0.717) is 12.5 Å². The molecule has 1 N–H and O–H groups in total. The van der Waals surface area contributed by atoms with Gasteiger partial charge in [0.05, 0.1) is 6.61 Å². The summed E-state index contributed by atoms with van der Waals surface area (Å²) in [4.78, 5) is 4.02. The van der Waals surface area contributed by atoms with Crippen molar-refractivity contribution in [2.75, 3.05) is 6.61 Å². The summed E-state index contributed by atoms with van der Waals surface area (Å²) in [5.41, 5.74) is 1.38. The molecular weight excluding hydrogens is 152 g/mol. The van der Waals surface area contributed by atoms with E-state index in [2.05, 4.69) is 31.7 Å². The standard InChI is InChI=1S/C10H20O2/c1-9(2)5-4-6-10(3)7-8-12-11/h5,10-11H,4,6-8H2,1-3H3. The van der Waals surface area contributed by atoms with Crippen LogP contribution >= 0.6 is 0 Å². The van der Waals surface area contributed by atoms with Crippen LogP contribution in [0.15, 0.2) is 11.6 Å². The summed E-state index contributed by atoms with van der Waals surface area (Å²) in [5, 5.41) is 8.12. The summed E-state index contributed by atoms with van der Waals surface area (Å²) in [6, 6.07) is 0. The second kappa shape index (κ2) is 7.32. The molecule has 1 unspecified atom stereocenters. The molecule has 0 amide bonds. The van der Waals surface area contributed by atoms with Gasteiger partial charge in [0, 0.05) is 0 Å². The lowest BCUT2D eigenvalue weighted by molar-refractivity contribution is -0.244. The van der Waals surface area contributed by atoms with Crippen molar-refractivity contribution >= 4 is 0 Å². The number of rotatable bonds is 6. The summed E-state index contributed by atoms with van der Waals surface area (Å²) in [7, 11) is 0. The van der Waals surface area contributed by atoms with E-state index in [1.54, 1.807) is 0 Å². The largest absolute Gasteiger partial charge is 0.252 e. The zero-order valence-electron chi connectivity index (χ0n) is 8.34. The molecule has 2 heteroatoms. The molecule has 72 valence electrons. The molecule has 0 aliphatic carbocycles. The van der Waals surface area contributed by atoms with Gasteiger partial charge in [-0.25, -0.2) is 4.89 Å². The van der Waals surface area contributed by atoms with Crippen molar-refractivity contribution in [3.63, 3.8) is 0 Å². The Balaban J connectivity index is 3.31. The van der Waals surface area contributed by atoms with E-state index in [9.17, 15) is 0 Å². The van der Waals surface area contributed by atoms with E-state index < -0.39 is 0 Å². The molecule has 0 radical (unpaired) electrons. The van der Waals surface area contributed by atoms with Crippen molar-refractivity contribution in [1.29, 1.82) is 0 Å². The van der Waals surface area contributed by atoms with Crippen LogP contribution in [0.5, 0.6) is 0 Å². The Bertz CT molecular complexity index is 126. The van der Waals surface area contributed by atoms with Gasteiger partial charge in [0.1, 0.15) is 0 Å². The number of allylic oxidation sites excluding steroid dienone is 2. The summed E-state index contributed by atoms with van der Waals surface area (Å²) >= 11 is 0. The highest BCUT2D eigenvalue weighted by Gasteiger charge is 1.99. The van der Waals surface area contributed by atoms with Gasteiger partial charge in [-0.2, -0.15) is 0 Å². The van der Waals surface area contributed by atoms with Crippen molar-refractivity contribution in [2.24, 2.45) is 5.92 Å². The number of hydrogen-bond acceptors (Lipinski definition) is 2. The molecule has 12 heavy (non-hydrogen) atoms. The summed E-state index contributed by atoms with van der Waals surface area (Å²) in [6.07, 6.45) is 5.49. The van der Waals surface area contributed by atoms with Crippen molar-refractivity contribution in [1.82, 2.24) is 0 Å². The first kappa shape index (κ1) is 11.7. The van der Waals surface area contributed by atoms with E-state index in [0.717, 1.165) is 12.8 Å². The van der Waals surface area contributed by atoms with Gasteiger partial charge in [0.25, 0.3) is 0 Å². The quantitative estimate of drug-likeness (QED) is 0.378.